The van der Waals surface area contributed by atoms with Crippen LogP contribution in [0.25, 0.3) is 11.3 Å². The molecule has 0 aliphatic heterocycles. The highest BCUT2D eigenvalue weighted by atomic mass is 16.6. The first kappa shape index (κ1) is 23.6. The maximum absolute atomic E-state index is 13.5. The third kappa shape index (κ3) is 5.41. The third-order valence-electron chi connectivity index (χ3n) is 4.71. The number of esters is 1. The average Bonchev–Trinajstić information content (AvgIpc) is 3.05. The van der Waals surface area contributed by atoms with Crippen LogP contribution in [0.4, 0.5) is 10.5 Å². The molecule has 0 radical (unpaired) electrons. The van der Waals surface area contributed by atoms with Gasteiger partial charge in [-0.3, -0.25) is 9.47 Å². The highest BCUT2D eigenvalue weighted by molar-refractivity contribution is 6.15. The quantitative estimate of drug-likeness (QED) is 0.535. The summed E-state index contributed by atoms with van der Waals surface area (Å²) >= 11 is 0. The van der Waals surface area contributed by atoms with Crippen LogP contribution in [0.5, 0.6) is 0 Å². The molecule has 0 saturated heterocycles. The van der Waals surface area contributed by atoms with E-state index in [1.807, 2.05) is 12.1 Å². The smallest absolute Gasteiger partial charge is 0.426 e. The SMILES string of the molecule is COC(=O)c1c(C(=O)Nc2ccccc2)c(-c2ccccc2)n(NC(=O)OC(C)(C)C)c1C. The molecular formula is C25H27N3O5. The van der Waals surface area contributed by atoms with E-state index >= 15 is 0 Å². The Labute approximate surface area is 192 Å². The molecule has 2 N–H and O–H groups in total. The Hall–Kier alpha value is -4.07. The van der Waals surface area contributed by atoms with Gasteiger partial charge in [-0.1, -0.05) is 48.5 Å². The van der Waals surface area contributed by atoms with Crippen LogP contribution < -0.4 is 10.7 Å². The normalized spacial score (nSPS) is 10.9. The topological polar surface area (TPSA) is 98.7 Å². The monoisotopic (exact) mass is 449 g/mol. The molecule has 8 nitrogen and oxygen atoms in total. The van der Waals surface area contributed by atoms with Gasteiger partial charge in [0, 0.05) is 11.3 Å². The second-order valence-electron chi connectivity index (χ2n) is 8.31. The second kappa shape index (κ2) is 9.60. The average molecular weight is 450 g/mol. The Morgan fingerprint density at radius 2 is 1.45 bits per heavy atom. The van der Waals surface area contributed by atoms with Gasteiger partial charge in [-0.05, 0) is 39.8 Å². The summed E-state index contributed by atoms with van der Waals surface area (Å²) in [5.74, 6) is -1.22. The molecule has 0 saturated carbocycles. The Bertz CT molecular complexity index is 1160. The molecule has 172 valence electrons. The molecule has 0 bridgehead atoms. The van der Waals surface area contributed by atoms with Gasteiger partial charge in [-0.25, -0.2) is 15.0 Å². The lowest BCUT2D eigenvalue weighted by Gasteiger charge is -2.21. The first-order valence-corrected chi connectivity index (χ1v) is 10.4. The van der Waals surface area contributed by atoms with Crippen molar-refractivity contribution >= 4 is 23.7 Å². The number of ether oxygens (including phenoxy) is 2. The zero-order valence-electron chi connectivity index (χ0n) is 19.3. The molecule has 0 fully saturated rings. The number of amides is 2. The standard InChI is InChI=1S/C25H27N3O5/c1-16-19(23(30)32-5)20(22(29)26-18-14-10-7-11-15-18)21(17-12-8-6-9-13-17)28(16)27-24(31)33-25(2,3)4/h6-15H,1-5H3,(H,26,29)(H,27,31). The first-order chi connectivity index (χ1) is 15.6. The third-order valence-corrected chi connectivity index (χ3v) is 4.71. The lowest BCUT2D eigenvalue weighted by molar-refractivity contribution is 0.0587. The molecule has 2 aromatic carbocycles. The van der Waals surface area contributed by atoms with Crippen LogP contribution >= 0.6 is 0 Å². The lowest BCUT2D eigenvalue weighted by Crippen LogP contribution is -2.32. The van der Waals surface area contributed by atoms with Crippen molar-refractivity contribution in [3.05, 3.63) is 77.5 Å². The van der Waals surface area contributed by atoms with Crippen LogP contribution in [0.2, 0.25) is 0 Å². The Morgan fingerprint density at radius 3 is 2.00 bits per heavy atom. The molecule has 0 unspecified atom stereocenters. The summed E-state index contributed by atoms with van der Waals surface area (Å²) in [7, 11) is 1.24. The van der Waals surface area contributed by atoms with Crippen molar-refractivity contribution in [3.63, 3.8) is 0 Å². The van der Waals surface area contributed by atoms with Crippen LogP contribution in [-0.4, -0.2) is 35.4 Å². The highest BCUT2D eigenvalue weighted by Gasteiger charge is 2.32. The summed E-state index contributed by atoms with van der Waals surface area (Å²) in [5, 5.41) is 2.82. The molecule has 0 atom stereocenters. The van der Waals surface area contributed by atoms with Gasteiger partial charge in [0.05, 0.1) is 29.6 Å². The number of methoxy groups -OCH3 is 1. The van der Waals surface area contributed by atoms with Gasteiger partial charge in [0.1, 0.15) is 5.60 Å². The first-order valence-electron chi connectivity index (χ1n) is 10.4. The van der Waals surface area contributed by atoms with Crippen LogP contribution in [0.3, 0.4) is 0 Å². The number of rotatable bonds is 5. The number of nitrogens with zero attached hydrogens (tertiary/aromatic N) is 1. The van der Waals surface area contributed by atoms with Crippen LogP contribution in [-0.2, 0) is 9.47 Å². The van der Waals surface area contributed by atoms with E-state index in [4.69, 9.17) is 9.47 Å². The van der Waals surface area contributed by atoms with Gasteiger partial charge in [-0.2, -0.15) is 0 Å². The fourth-order valence-electron chi connectivity index (χ4n) is 3.38. The van der Waals surface area contributed by atoms with Crippen molar-refractivity contribution in [2.45, 2.75) is 33.3 Å². The lowest BCUT2D eigenvalue weighted by atomic mass is 10.0. The van der Waals surface area contributed by atoms with Crippen molar-refractivity contribution in [2.75, 3.05) is 17.9 Å². The highest BCUT2D eigenvalue weighted by Crippen LogP contribution is 2.32. The van der Waals surface area contributed by atoms with Gasteiger partial charge in [-0.15, -0.1) is 0 Å². The molecule has 1 aromatic heterocycles. The predicted octanol–water partition coefficient (Wildman–Crippen LogP) is 4.98. The van der Waals surface area contributed by atoms with E-state index in [-0.39, 0.29) is 11.1 Å². The van der Waals surface area contributed by atoms with Gasteiger partial charge in [0.15, 0.2) is 0 Å². The largest absolute Gasteiger partial charge is 0.465 e. The zero-order chi connectivity index (χ0) is 24.2. The minimum atomic E-state index is -0.739. The summed E-state index contributed by atoms with van der Waals surface area (Å²) < 4.78 is 11.7. The molecule has 0 aliphatic rings. The molecule has 33 heavy (non-hydrogen) atoms. The van der Waals surface area contributed by atoms with E-state index in [9.17, 15) is 14.4 Å². The maximum Gasteiger partial charge on any atom is 0.426 e. The summed E-state index contributed by atoms with van der Waals surface area (Å²) in [4.78, 5) is 38.8. The number of aromatic nitrogens is 1. The summed E-state index contributed by atoms with van der Waals surface area (Å²) in [6.07, 6.45) is -0.732. The Morgan fingerprint density at radius 1 is 0.879 bits per heavy atom. The van der Waals surface area contributed by atoms with Crippen molar-refractivity contribution in [3.8, 4) is 11.3 Å². The molecule has 3 rings (SSSR count). The van der Waals surface area contributed by atoms with Crippen LogP contribution in [0.1, 0.15) is 47.2 Å². The Kier molecular flexibility index (Phi) is 6.86. The number of hydrogen-bond acceptors (Lipinski definition) is 5. The molecule has 3 aromatic rings. The number of nitrogens with one attached hydrogen (secondary N) is 2. The molecule has 8 heteroatoms. The number of para-hydroxylation sites is 1. The van der Waals surface area contributed by atoms with Crippen LogP contribution in [0, 0.1) is 6.92 Å². The number of hydrogen-bond donors (Lipinski definition) is 2. The van der Waals surface area contributed by atoms with E-state index < -0.39 is 23.6 Å². The van der Waals surface area contributed by atoms with E-state index in [2.05, 4.69) is 10.7 Å². The second-order valence-corrected chi connectivity index (χ2v) is 8.31. The maximum atomic E-state index is 13.5. The zero-order valence-corrected chi connectivity index (χ0v) is 19.3. The predicted molar refractivity (Wildman–Crippen MR) is 126 cm³/mol. The van der Waals surface area contributed by atoms with Gasteiger partial charge < -0.3 is 14.8 Å². The molecule has 1 heterocycles. The van der Waals surface area contributed by atoms with E-state index in [0.717, 1.165) is 0 Å². The molecule has 2 amide bonds. The summed E-state index contributed by atoms with van der Waals surface area (Å²) in [6.45, 7) is 6.85. The van der Waals surface area contributed by atoms with Crippen LogP contribution in [0.15, 0.2) is 60.7 Å². The number of anilines is 1. The fourth-order valence-corrected chi connectivity index (χ4v) is 3.38. The number of benzene rings is 2. The van der Waals surface area contributed by atoms with Crippen molar-refractivity contribution < 1.29 is 23.9 Å². The molecular weight excluding hydrogens is 422 g/mol. The van der Waals surface area contributed by atoms with Gasteiger partial charge in [0.2, 0.25) is 0 Å². The fraction of sp³-hybridized carbons (Fsp3) is 0.240. The van der Waals surface area contributed by atoms with Crippen molar-refractivity contribution in [1.29, 1.82) is 0 Å². The Balaban J connectivity index is 2.21. The van der Waals surface area contributed by atoms with Gasteiger partial charge >= 0.3 is 12.1 Å². The number of carbonyl (C=O) groups is 3. The number of carbonyl (C=O) groups excluding carboxylic acids is 3. The minimum absolute atomic E-state index is 0.0424. The van der Waals surface area contributed by atoms with Gasteiger partial charge in [0.25, 0.3) is 5.91 Å². The van der Waals surface area contributed by atoms with E-state index in [0.29, 0.717) is 22.6 Å². The summed E-state index contributed by atoms with van der Waals surface area (Å²) in [6, 6.07) is 17.9. The minimum Gasteiger partial charge on any atom is -0.465 e. The molecule has 0 aliphatic carbocycles. The summed E-state index contributed by atoms with van der Waals surface area (Å²) in [5.41, 5.74) is 3.86. The van der Waals surface area contributed by atoms with Crippen molar-refractivity contribution in [1.82, 2.24) is 4.68 Å². The molecule has 0 spiro atoms. The van der Waals surface area contributed by atoms with E-state index in [1.54, 1.807) is 76.2 Å². The van der Waals surface area contributed by atoms with Crippen molar-refractivity contribution in [2.24, 2.45) is 0 Å². The van der Waals surface area contributed by atoms with E-state index in [1.165, 1.54) is 11.8 Å².